The first kappa shape index (κ1) is 12.9. The SMILES string of the molecule is CC(C)N(CC(N)=O)C(=O)Cn1cnc(N)n1. The predicted molar refractivity (Wildman–Crippen MR) is 60.5 cm³/mol. The van der Waals surface area contributed by atoms with E-state index < -0.39 is 5.91 Å². The second kappa shape index (κ2) is 5.28. The number of carbonyl (C=O) groups excluding carboxylic acids is 2. The van der Waals surface area contributed by atoms with Gasteiger partial charge in [-0.1, -0.05) is 0 Å². The third-order valence-corrected chi connectivity index (χ3v) is 2.12. The van der Waals surface area contributed by atoms with Crippen LogP contribution in [0.5, 0.6) is 0 Å². The van der Waals surface area contributed by atoms with Gasteiger partial charge in [0.05, 0.1) is 6.54 Å². The Kier molecular flexibility index (Phi) is 4.02. The molecule has 0 spiro atoms. The Morgan fingerprint density at radius 3 is 2.59 bits per heavy atom. The van der Waals surface area contributed by atoms with Crippen molar-refractivity contribution in [3.63, 3.8) is 0 Å². The molecule has 0 aliphatic carbocycles. The third-order valence-electron chi connectivity index (χ3n) is 2.12. The minimum atomic E-state index is -0.551. The number of nitrogens with two attached hydrogens (primary N) is 2. The summed E-state index contributed by atoms with van der Waals surface area (Å²) in [5.41, 5.74) is 10.4. The van der Waals surface area contributed by atoms with Gasteiger partial charge in [0.15, 0.2) is 0 Å². The molecule has 1 rings (SSSR count). The second-order valence-corrected chi connectivity index (χ2v) is 3.88. The number of amides is 2. The number of hydrogen-bond donors (Lipinski definition) is 2. The highest BCUT2D eigenvalue weighted by atomic mass is 16.2. The summed E-state index contributed by atoms with van der Waals surface area (Å²) in [7, 11) is 0. The maximum atomic E-state index is 11.9. The Morgan fingerprint density at radius 1 is 1.53 bits per heavy atom. The summed E-state index contributed by atoms with van der Waals surface area (Å²) in [5.74, 6) is -0.711. The van der Waals surface area contributed by atoms with Crippen molar-refractivity contribution in [1.29, 1.82) is 0 Å². The van der Waals surface area contributed by atoms with Gasteiger partial charge >= 0.3 is 0 Å². The van der Waals surface area contributed by atoms with Crippen molar-refractivity contribution in [3.8, 4) is 0 Å². The van der Waals surface area contributed by atoms with Crippen molar-refractivity contribution in [2.24, 2.45) is 5.73 Å². The number of rotatable bonds is 5. The van der Waals surface area contributed by atoms with Crippen LogP contribution in [0.4, 0.5) is 5.95 Å². The van der Waals surface area contributed by atoms with Gasteiger partial charge in [-0.05, 0) is 13.8 Å². The van der Waals surface area contributed by atoms with Crippen LogP contribution in [0.1, 0.15) is 13.8 Å². The van der Waals surface area contributed by atoms with Gasteiger partial charge in [0.1, 0.15) is 12.9 Å². The minimum Gasteiger partial charge on any atom is -0.368 e. The number of hydrogen-bond acceptors (Lipinski definition) is 5. The maximum Gasteiger partial charge on any atom is 0.245 e. The number of primary amides is 1. The van der Waals surface area contributed by atoms with Gasteiger partial charge in [0.2, 0.25) is 17.8 Å². The van der Waals surface area contributed by atoms with Crippen LogP contribution >= 0.6 is 0 Å². The lowest BCUT2D eigenvalue weighted by Crippen LogP contribution is -2.44. The van der Waals surface area contributed by atoms with Crippen molar-refractivity contribution in [3.05, 3.63) is 6.33 Å². The number of anilines is 1. The maximum absolute atomic E-state index is 11.9. The molecule has 0 radical (unpaired) electrons. The Hall–Kier alpha value is -2.12. The summed E-state index contributed by atoms with van der Waals surface area (Å²) >= 11 is 0. The summed E-state index contributed by atoms with van der Waals surface area (Å²) in [6, 6.07) is -0.115. The van der Waals surface area contributed by atoms with Crippen LogP contribution < -0.4 is 11.5 Å². The fourth-order valence-electron chi connectivity index (χ4n) is 1.34. The Labute approximate surface area is 98.6 Å². The van der Waals surface area contributed by atoms with E-state index in [1.807, 2.05) is 0 Å². The molecule has 0 saturated heterocycles. The van der Waals surface area contributed by atoms with Gasteiger partial charge in [-0.2, -0.15) is 0 Å². The molecule has 94 valence electrons. The van der Waals surface area contributed by atoms with Crippen molar-refractivity contribution in [1.82, 2.24) is 19.7 Å². The summed E-state index contributed by atoms with van der Waals surface area (Å²) in [5, 5.41) is 3.79. The highest BCUT2D eigenvalue weighted by Gasteiger charge is 2.19. The van der Waals surface area contributed by atoms with E-state index in [1.54, 1.807) is 13.8 Å². The van der Waals surface area contributed by atoms with Gasteiger partial charge in [0.25, 0.3) is 0 Å². The zero-order valence-electron chi connectivity index (χ0n) is 9.83. The molecule has 2 amide bonds. The lowest BCUT2D eigenvalue weighted by molar-refractivity contribution is -0.137. The molecule has 0 atom stereocenters. The number of carbonyl (C=O) groups is 2. The first-order chi connectivity index (χ1) is 7.90. The Balaban J connectivity index is 2.68. The average Bonchev–Trinajstić information content (AvgIpc) is 2.59. The highest BCUT2D eigenvalue weighted by molar-refractivity contribution is 5.83. The molecule has 4 N–H and O–H groups in total. The number of nitrogens with zero attached hydrogens (tertiary/aromatic N) is 4. The van der Waals surface area contributed by atoms with Crippen LogP contribution in [0, 0.1) is 0 Å². The first-order valence-electron chi connectivity index (χ1n) is 5.13. The molecule has 1 aromatic rings. The fraction of sp³-hybridized carbons (Fsp3) is 0.556. The number of nitrogen functional groups attached to an aromatic ring is 1. The minimum absolute atomic E-state index is 0.0182. The van der Waals surface area contributed by atoms with Crippen LogP contribution in [0.25, 0.3) is 0 Å². The molecule has 8 nitrogen and oxygen atoms in total. The fourth-order valence-corrected chi connectivity index (χ4v) is 1.34. The van der Waals surface area contributed by atoms with E-state index in [1.165, 1.54) is 15.9 Å². The van der Waals surface area contributed by atoms with E-state index in [-0.39, 0.29) is 31.0 Å². The zero-order valence-corrected chi connectivity index (χ0v) is 9.83. The smallest absolute Gasteiger partial charge is 0.245 e. The lowest BCUT2D eigenvalue weighted by Gasteiger charge is -2.25. The topological polar surface area (TPSA) is 120 Å². The summed E-state index contributed by atoms with van der Waals surface area (Å²) in [4.78, 5) is 27.8. The molecule has 0 saturated carbocycles. The molecular weight excluding hydrogens is 224 g/mol. The summed E-state index contributed by atoms with van der Waals surface area (Å²) in [6.07, 6.45) is 1.36. The third kappa shape index (κ3) is 3.74. The van der Waals surface area contributed by atoms with Crippen LogP contribution in [0.15, 0.2) is 6.33 Å². The molecule has 1 aromatic heterocycles. The molecule has 0 aliphatic rings. The molecule has 0 aromatic carbocycles. The predicted octanol–water partition coefficient (Wildman–Crippen LogP) is -1.42. The van der Waals surface area contributed by atoms with E-state index >= 15 is 0 Å². The molecule has 0 aliphatic heterocycles. The first-order valence-corrected chi connectivity index (χ1v) is 5.13. The molecule has 17 heavy (non-hydrogen) atoms. The largest absolute Gasteiger partial charge is 0.368 e. The molecule has 8 heteroatoms. The summed E-state index contributed by atoms with van der Waals surface area (Å²) in [6.45, 7) is 3.48. The van der Waals surface area contributed by atoms with Crippen molar-refractivity contribution < 1.29 is 9.59 Å². The van der Waals surface area contributed by atoms with Crippen LogP contribution in [-0.4, -0.2) is 44.1 Å². The quantitative estimate of drug-likeness (QED) is 0.654. The van der Waals surface area contributed by atoms with Crippen LogP contribution in [0.3, 0.4) is 0 Å². The highest BCUT2D eigenvalue weighted by Crippen LogP contribution is 2.01. The zero-order chi connectivity index (χ0) is 13.0. The molecular formula is C9H16N6O2. The van der Waals surface area contributed by atoms with Crippen LogP contribution in [0.2, 0.25) is 0 Å². The van der Waals surface area contributed by atoms with Gasteiger partial charge in [-0.3, -0.25) is 9.59 Å². The van der Waals surface area contributed by atoms with E-state index in [2.05, 4.69) is 10.1 Å². The van der Waals surface area contributed by atoms with Crippen molar-refractivity contribution in [2.45, 2.75) is 26.4 Å². The van der Waals surface area contributed by atoms with E-state index in [0.717, 1.165) is 0 Å². The van der Waals surface area contributed by atoms with Gasteiger partial charge in [-0.15, -0.1) is 5.10 Å². The molecule has 1 heterocycles. The van der Waals surface area contributed by atoms with Gasteiger partial charge in [0, 0.05) is 6.04 Å². The van der Waals surface area contributed by atoms with Gasteiger partial charge in [-0.25, -0.2) is 9.67 Å². The van der Waals surface area contributed by atoms with Crippen LogP contribution in [-0.2, 0) is 16.1 Å². The van der Waals surface area contributed by atoms with E-state index in [9.17, 15) is 9.59 Å². The van der Waals surface area contributed by atoms with Crippen molar-refractivity contribution >= 4 is 17.8 Å². The normalized spacial score (nSPS) is 10.5. The standard InChI is InChI=1S/C9H16N6O2/c1-6(2)15(3-7(10)16)8(17)4-14-5-12-9(11)13-14/h5-6H,3-4H2,1-2H3,(H2,10,16)(H2,11,13). The molecule has 0 unspecified atom stereocenters. The second-order valence-electron chi connectivity index (χ2n) is 3.88. The lowest BCUT2D eigenvalue weighted by atomic mass is 10.3. The van der Waals surface area contributed by atoms with E-state index in [4.69, 9.17) is 11.5 Å². The molecule has 0 bridgehead atoms. The number of aromatic nitrogens is 3. The van der Waals surface area contributed by atoms with Gasteiger partial charge < -0.3 is 16.4 Å². The monoisotopic (exact) mass is 240 g/mol. The Morgan fingerprint density at radius 2 is 2.18 bits per heavy atom. The Bertz CT molecular complexity index is 413. The average molecular weight is 240 g/mol. The van der Waals surface area contributed by atoms with E-state index in [0.29, 0.717) is 0 Å². The molecule has 0 fully saturated rings. The van der Waals surface area contributed by atoms with Crippen molar-refractivity contribution in [2.75, 3.05) is 12.3 Å². The summed E-state index contributed by atoms with van der Waals surface area (Å²) < 4.78 is 1.31.